The van der Waals surface area contributed by atoms with Crippen molar-refractivity contribution in [1.29, 1.82) is 0 Å². The number of halogens is 3. The number of ether oxygens (including phenoxy) is 1. The van der Waals surface area contributed by atoms with Gasteiger partial charge in [-0.1, -0.05) is 12.1 Å². The first-order valence-electron chi connectivity index (χ1n) is 12.8. The van der Waals surface area contributed by atoms with Crippen molar-refractivity contribution >= 4 is 17.7 Å². The van der Waals surface area contributed by atoms with Crippen molar-refractivity contribution in [2.24, 2.45) is 5.92 Å². The normalized spacial score (nSPS) is 23.6. The van der Waals surface area contributed by atoms with Crippen LogP contribution in [0.3, 0.4) is 0 Å². The van der Waals surface area contributed by atoms with Crippen LogP contribution in [0.25, 0.3) is 0 Å². The van der Waals surface area contributed by atoms with Crippen molar-refractivity contribution < 1.29 is 32.6 Å². The standard InChI is InChI=1S/C26H36F3N3O4/c1-18-6-7-20(22(15-18)31-11-3-5-21(16-31)23(33)34)17-32-12-4-8-25(32)9-13-30(14-10-25)24(35)36-19(2)26(27,28)29/h6-7,15,19,21H,3-5,8-14,16-17H2,1-2H3,(H,33,34)/t19?,21-/m1/s1. The molecule has 0 radical (unpaired) electrons. The predicted molar refractivity (Wildman–Crippen MR) is 129 cm³/mol. The molecule has 0 bridgehead atoms. The molecule has 1 unspecified atom stereocenters. The number of rotatable bonds is 5. The average Bonchev–Trinajstić information content (AvgIpc) is 3.21. The maximum atomic E-state index is 12.8. The fraction of sp³-hybridized carbons (Fsp3) is 0.692. The number of piperidine rings is 2. The van der Waals surface area contributed by atoms with E-state index in [4.69, 9.17) is 0 Å². The number of aliphatic carboxylic acids is 1. The molecule has 2 atom stereocenters. The Morgan fingerprint density at radius 2 is 1.86 bits per heavy atom. The van der Waals surface area contributed by atoms with E-state index in [1.807, 2.05) is 6.92 Å². The summed E-state index contributed by atoms with van der Waals surface area (Å²) in [5.41, 5.74) is 3.28. The minimum atomic E-state index is -4.57. The van der Waals surface area contributed by atoms with Crippen molar-refractivity contribution in [2.75, 3.05) is 37.6 Å². The van der Waals surface area contributed by atoms with Gasteiger partial charge in [-0.05, 0) is 76.1 Å². The number of likely N-dealkylation sites (tertiary alicyclic amines) is 2. The number of hydrogen-bond acceptors (Lipinski definition) is 5. The number of amides is 1. The molecule has 3 fully saturated rings. The zero-order valence-corrected chi connectivity index (χ0v) is 21.0. The molecule has 4 rings (SSSR count). The number of carboxylic acids is 1. The number of hydrogen-bond donors (Lipinski definition) is 1. The second-order valence-corrected chi connectivity index (χ2v) is 10.6. The van der Waals surface area contributed by atoms with Crippen molar-refractivity contribution in [3.63, 3.8) is 0 Å². The SMILES string of the molecule is Cc1ccc(CN2CCCC23CCN(C(=O)OC(C)C(F)(F)F)CC3)c(N2CCC[C@@H](C(=O)O)C2)c1. The number of carbonyl (C=O) groups excluding carboxylic acids is 1. The Kier molecular flexibility index (Phi) is 7.73. The smallest absolute Gasteiger partial charge is 0.425 e. The number of aryl methyl sites for hydroxylation is 1. The Balaban J connectivity index is 1.44. The average molecular weight is 512 g/mol. The Labute approximate surface area is 210 Å². The summed E-state index contributed by atoms with van der Waals surface area (Å²) in [5.74, 6) is -1.11. The van der Waals surface area contributed by atoms with Crippen LogP contribution in [0.5, 0.6) is 0 Å². The molecule has 3 saturated heterocycles. The van der Waals surface area contributed by atoms with E-state index >= 15 is 0 Å². The highest BCUT2D eigenvalue weighted by Gasteiger charge is 2.45. The van der Waals surface area contributed by atoms with Gasteiger partial charge in [0, 0.05) is 44.0 Å². The van der Waals surface area contributed by atoms with Gasteiger partial charge in [-0.2, -0.15) is 13.2 Å². The summed E-state index contributed by atoms with van der Waals surface area (Å²) in [5, 5.41) is 9.54. The number of alkyl halides is 3. The molecule has 0 aliphatic carbocycles. The minimum absolute atomic E-state index is 0.0971. The molecule has 36 heavy (non-hydrogen) atoms. The molecule has 1 aromatic carbocycles. The molecule has 0 saturated carbocycles. The quantitative estimate of drug-likeness (QED) is 0.612. The molecule has 3 heterocycles. The lowest BCUT2D eigenvalue weighted by Gasteiger charge is -2.45. The molecule has 10 heteroatoms. The molecular weight excluding hydrogens is 475 g/mol. The third-order valence-corrected chi connectivity index (χ3v) is 8.15. The zero-order valence-electron chi connectivity index (χ0n) is 21.0. The summed E-state index contributed by atoms with van der Waals surface area (Å²) in [4.78, 5) is 30.0. The highest BCUT2D eigenvalue weighted by atomic mass is 19.4. The number of carboxylic acid groups (broad SMARTS) is 1. The molecule has 0 aromatic heterocycles. The van der Waals surface area contributed by atoms with Gasteiger partial charge in [0.15, 0.2) is 6.10 Å². The molecule has 200 valence electrons. The van der Waals surface area contributed by atoms with Crippen LogP contribution in [0.15, 0.2) is 18.2 Å². The van der Waals surface area contributed by atoms with Gasteiger partial charge in [-0.3, -0.25) is 9.69 Å². The number of anilines is 1. The topological polar surface area (TPSA) is 73.3 Å². The van der Waals surface area contributed by atoms with Crippen molar-refractivity contribution in [2.45, 2.75) is 76.7 Å². The van der Waals surface area contributed by atoms with Gasteiger partial charge in [0.1, 0.15) is 0 Å². The van der Waals surface area contributed by atoms with Crippen molar-refractivity contribution in [1.82, 2.24) is 9.80 Å². The maximum absolute atomic E-state index is 12.8. The maximum Gasteiger partial charge on any atom is 0.425 e. The van der Waals surface area contributed by atoms with Gasteiger partial charge in [0.05, 0.1) is 5.92 Å². The minimum Gasteiger partial charge on any atom is -0.481 e. The van der Waals surface area contributed by atoms with E-state index in [0.717, 1.165) is 62.6 Å². The third kappa shape index (κ3) is 5.74. The van der Waals surface area contributed by atoms with Gasteiger partial charge in [-0.25, -0.2) is 4.79 Å². The van der Waals surface area contributed by atoms with Gasteiger partial charge in [0.25, 0.3) is 0 Å². The molecule has 1 aromatic rings. The molecule has 3 aliphatic rings. The molecule has 1 amide bonds. The van der Waals surface area contributed by atoms with Crippen LogP contribution in [0, 0.1) is 12.8 Å². The number of nitrogens with zero attached hydrogens (tertiary/aromatic N) is 3. The van der Waals surface area contributed by atoms with Crippen LogP contribution in [0.1, 0.15) is 56.6 Å². The van der Waals surface area contributed by atoms with Crippen molar-refractivity contribution in [3.8, 4) is 0 Å². The van der Waals surface area contributed by atoms with Crippen LogP contribution in [0.2, 0.25) is 0 Å². The van der Waals surface area contributed by atoms with Crippen LogP contribution >= 0.6 is 0 Å². The van der Waals surface area contributed by atoms with E-state index in [1.165, 1.54) is 4.90 Å². The molecule has 3 aliphatic heterocycles. The summed E-state index contributed by atoms with van der Waals surface area (Å²) in [6, 6.07) is 6.36. The van der Waals surface area contributed by atoms with Crippen LogP contribution in [-0.2, 0) is 16.1 Å². The lowest BCUT2D eigenvalue weighted by Crippen LogP contribution is -2.53. The molecule has 1 spiro atoms. The van der Waals surface area contributed by atoms with Crippen molar-refractivity contribution in [3.05, 3.63) is 29.3 Å². The second kappa shape index (κ2) is 10.5. The Morgan fingerprint density at radius 1 is 1.14 bits per heavy atom. The van der Waals surface area contributed by atoms with E-state index in [0.29, 0.717) is 38.9 Å². The van der Waals surface area contributed by atoms with E-state index in [1.54, 1.807) is 0 Å². The largest absolute Gasteiger partial charge is 0.481 e. The fourth-order valence-electron chi connectivity index (χ4n) is 5.91. The summed E-state index contributed by atoms with van der Waals surface area (Å²) >= 11 is 0. The zero-order chi connectivity index (χ0) is 26.1. The van der Waals surface area contributed by atoms with Gasteiger partial charge in [0.2, 0.25) is 0 Å². The van der Waals surface area contributed by atoms with E-state index in [-0.39, 0.29) is 11.5 Å². The highest BCUT2D eigenvalue weighted by molar-refractivity contribution is 5.71. The first-order valence-corrected chi connectivity index (χ1v) is 12.8. The highest BCUT2D eigenvalue weighted by Crippen LogP contribution is 2.41. The van der Waals surface area contributed by atoms with Gasteiger partial charge >= 0.3 is 18.2 Å². The summed E-state index contributed by atoms with van der Waals surface area (Å²) in [7, 11) is 0. The lowest BCUT2D eigenvalue weighted by atomic mass is 9.84. The van der Waals surface area contributed by atoms with Gasteiger partial charge in [-0.15, -0.1) is 0 Å². The van der Waals surface area contributed by atoms with E-state index in [9.17, 15) is 27.9 Å². The van der Waals surface area contributed by atoms with Gasteiger partial charge < -0.3 is 19.6 Å². The predicted octanol–water partition coefficient (Wildman–Crippen LogP) is 4.81. The van der Waals surface area contributed by atoms with E-state index < -0.39 is 24.3 Å². The van der Waals surface area contributed by atoms with Crippen LogP contribution in [-0.4, -0.2) is 77.5 Å². The number of carbonyl (C=O) groups is 2. The summed E-state index contributed by atoms with van der Waals surface area (Å²) < 4.78 is 43.0. The Bertz CT molecular complexity index is 962. The van der Waals surface area contributed by atoms with Crippen LogP contribution in [0.4, 0.5) is 23.7 Å². The molecular formula is C26H36F3N3O4. The first-order chi connectivity index (χ1) is 17.0. The third-order valence-electron chi connectivity index (χ3n) is 8.15. The fourth-order valence-corrected chi connectivity index (χ4v) is 5.91. The monoisotopic (exact) mass is 511 g/mol. The Hall–Kier alpha value is -2.49. The molecule has 1 N–H and O–H groups in total. The lowest BCUT2D eigenvalue weighted by molar-refractivity contribution is -0.200. The molecule has 7 nitrogen and oxygen atoms in total. The number of benzene rings is 1. The van der Waals surface area contributed by atoms with Crippen LogP contribution < -0.4 is 4.90 Å². The summed E-state index contributed by atoms with van der Waals surface area (Å²) in [6.45, 7) is 6.60. The second-order valence-electron chi connectivity index (χ2n) is 10.6. The first kappa shape index (κ1) is 26.6. The summed E-state index contributed by atoms with van der Waals surface area (Å²) in [6.07, 6.45) is -2.66. The Morgan fingerprint density at radius 3 is 2.53 bits per heavy atom. The van der Waals surface area contributed by atoms with E-state index in [2.05, 4.69) is 32.7 Å².